The van der Waals surface area contributed by atoms with Crippen LogP contribution in [-0.2, 0) is 4.84 Å². The van der Waals surface area contributed by atoms with E-state index in [1.165, 1.54) is 6.92 Å². The molecule has 4 nitrogen and oxygen atoms in total. The molecule has 5 heteroatoms. The Labute approximate surface area is 75.0 Å². The largest absolute Gasteiger partial charge is 0.366 e. The molecule has 0 saturated heterocycles. The van der Waals surface area contributed by atoms with Crippen LogP contribution in [0.2, 0.25) is 4.78 Å². The number of hydrogen-bond acceptors (Lipinski definition) is 3. The number of nitrogens with zero attached hydrogens (tertiary/aromatic N) is 1. The summed E-state index contributed by atoms with van der Waals surface area (Å²) >= 11 is 2.57. The van der Waals surface area contributed by atoms with Gasteiger partial charge in [-0.3, -0.25) is 10.5 Å². The molecule has 0 heterocycles. The zero-order valence-electron chi connectivity index (χ0n) is 7.03. The minimum absolute atomic E-state index is 0.193. The van der Waals surface area contributed by atoms with Crippen LogP contribution in [0.4, 0.5) is 0 Å². The molecule has 0 aromatic carbocycles. The van der Waals surface area contributed by atoms with Crippen molar-refractivity contribution >= 4 is 22.1 Å². The smallest absolute Gasteiger partial charge is 0.178 e. The van der Waals surface area contributed by atoms with Crippen molar-refractivity contribution in [3.8, 4) is 0 Å². The maximum Gasteiger partial charge on any atom is 0.178 e. The first kappa shape index (κ1) is 10.9. The van der Waals surface area contributed by atoms with Crippen molar-refractivity contribution in [2.24, 2.45) is 4.99 Å². The summed E-state index contributed by atoms with van der Waals surface area (Å²) in [5, 5.41) is 8.73. The molecule has 0 spiro atoms. The van der Waals surface area contributed by atoms with Crippen LogP contribution in [-0.4, -0.2) is 40.6 Å². The van der Waals surface area contributed by atoms with Gasteiger partial charge >= 0.3 is 0 Å². The van der Waals surface area contributed by atoms with Gasteiger partial charge < -0.3 is 5.11 Å². The van der Waals surface area contributed by atoms with Gasteiger partial charge in [0.25, 0.3) is 0 Å². The highest BCUT2D eigenvalue weighted by molar-refractivity contribution is 6.24. The van der Waals surface area contributed by atoms with Crippen LogP contribution >= 0.6 is 0 Å². The zero-order valence-corrected chi connectivity index (χ0v) is 8.19. The van der Waals surface area contributed by atoms with Crippen molar-refractivity contribution in [1.29, 1.82) is 0 Å². The number of hydroxylamine groups is 1. The van der Waals surface area contributed by atoms with Crippen molar-refractivity contribution in [3.05, 3.63) is 0 Å². The topological polar surface area (TPSA) is 53.9 Å². The van der Waals surface area contributed by atoms with E-state index >= 15 is 0 Å². The lowest BCUT2D eigenvalue weighted by Gasteiger charge is -2.13. The maximum atomic E-state index is 8.73. The Morgan fingerprint density at radius 3 is 2.45 bits per heavy atom. The molecule has 0 aliphatic heterocycles. The summed E-state index contributed by atoms with van der Waals surface area (Å²) < 4.78 is 0.193. The third-order valence-electron chi connectivity index (χ3n) is 1.01. The number of nitrogens with one attached hydrogen (secondary N) is 1. The fraction of sp³-hybridized carbons (Fsp3) is 0.833. The molecule has 0 bridgehead atoms. The second-order valence-electron chi connectivity index (χ2n) is 2.22. The van der Waals surface area contributed by atoms with E-state index in [1.807, 2.05) is 6.92 Å². The molecule has 2 atom stereocenters. The molecule has 2 N–H and O–H groups in total. The van der Waals surface area contributed by atoms with Crippen molar-refractivity contribution in [2.45, 2.75) is 24.9 Å². The van der Waals surface area contributed by atoms with Crippen LogP contribution in [0, 0.1) is 0 Å². The third kappa shape index (κ3) is 5.22. The van der Waals surface area contributed by atoms with Gasteiger partial charge in [0.1, 0.15) is 22.1 Å². The van der Waals surface area contributed by atoms with E-state index in [0.29, 0.717) is 5.84 Å². The van der Waals surface area contributed by atoms with E-state index in [0.717, 1.165) is 0 Å². The van der Waals surface area contributed by atoms with Gasteiger partial charge in [-0.1, -0.05) is 11.7 Å². The first-order valence-electron chi connectivity index (χ1n) is 3.40. The lowest BCUT2D eigenvalue weighted by Crippen LogP contribution is -2.30. The summed E-state index contributed by atoms with van der Waals surface area (Å²) in [5.41, 5.74) is 2.55. The third-order valence-corrected chi connectivity index (χ3v) is 1.32. The van der Waals surface area contributed by atoms with Crippen LogP contribution in [0.3, 0.4) is 0 Å². The Morgan fingerprint density at radius 1 is 1.64 bits per heavy atom. The molecular formula is C6H13AlN2O2. The Hall–Kier alpha value is -0.0775. The Kier molecular flexibility index (Phi) is 5.52. The zero-order chi connectivity index (χ0) is 8.85. The predicted octanol–water partition coefficient (Wildman–Crippen LogP) is -0.149. The normalized spacial score (nSPS) is 17.6. The number of aliphatic hydroxyl groups excluding tert-OH is 1. The molecule has 0 aromatic rings. The molecule has 0 fully saturated rings. The van der Waals surface area contributed by atoms with E-state index in [4.69, 9.17) is 9.94 Å². The summed E-state index contributed by atoms with van der Waals surface area (Å²) in [6.07, 6.45) is -0.824. The molecule has 2 radical (unpaired) electrons. The van der Waals surface area contributed by atoms with E-state index in [2.05, 4.69) is 26.8 Å². The van der Waals surface area contributed by atoms with Gasteiger partial charge in [0.05, 0.1) is 0 Å². The Balaban J connectivity index is 3.72. The highest BCUT2D eigenvalue weighted by Crippen LogP contribution is 1.96. The monoisotopic (exact) mass is 172 g/mol. The molecular weight excluding hydrogens is 159 g/mol. The number of aliphatic imine (C=N–C) groups is 1. The molecule has 0 aliphatic carbocycles. The van der Waals surface area contributed by atoms with Crippen molar-refractivity contribution < 1.29 is 9.94 Å². The molecule has 0 saturated carbocycles. The first-order chi connectivity index (χ1) is 5.07. The molecule has 0 aromatic heterocycles. The van der Waals surface area contributed by atoms with Gasteiger partial charge in [-0.25, -0.2) is 4.84 Å². The SMILES string of the molecule is CN=C(NOC(C)O)[CH](C)[Al]. The summed E-state index contributed by atoms with van der Waals surface area (Å²) in [6, 6.07) is 0. The molecule has 0 amide bonds. The Morgan fingerprint density at radius 2 is 2.18 bits per heavy atom. The standard InChI is InChI=1S/C6H13N2O2.Al/c1-4-6(7-3)8-10-5(2)9;/h4-5,9H,1-3H3,(H,7,8);. The predicted molar refractivity (Wildman–Crippen MR) is 44.4 cm³/mol. The highest BCUT2D eigenvalue weighted by Gasteiger charge is 2.03. The Bertz CT molecular complexity index is 137. The van der Waals surface area contributed by atoms with E-state index in [9.17, 15) is 0 Å². The minimum Gasteiger partial charge on any atom is -0.366 e. The second-order valence-corrected chi connectivity index (χ2v) is 3.22. The quantitative estimate of drug-likeness (QED) is 0.205. The molecule has 11 heavy (non-hydrogen) atoms. The van der Waals surface area contributed by atoms with Gasteiger partial charge in [-0.15, -0.1) is 0 Å². The fourth-order valence-electron chi connectivity index (χ4n) is 0.488. The first-order valence-corrected chi connectivity index (χ1v) is 4.06. The van der Waals surface area contributed by atoms with Gasteiger partial charge in [0.15, 0.2) is 6.29 Å². The van der Waals surface area contributed by atoms with Crippen molar-refractivity contribution in [3.63, 3.8) is 0 Å². The molecule has 0 aliphatic rings. The lowest BCUT2D eigenvalue weighted by atomic mass is 10.4. The van der Waals surface area contributed by atoms with E-state index < -0.39 is 6.29 Å². The second kappa shape index (κ2) is 5.56. The summed E-state index contributed by atoms with van der Waals surface area (Å²) in [7, 11) is 1.66. The van der Waals surface area contributed by atoms with Gasteiger partial charge in [0, 0.05) is 7.05 Å². The minimum atomic E-state index is -0.824. The number of rotatable bonds is 3. The fourth-order valence-corrected chi connectivity index (χ4v) is 0.705. The number of hydrogen-bond donors (Lipinski definition) is 2. The van der Waals surface area contributed by atoms with Crippen LogP contribution < -0.4 is 5.48 Å². The summed E-state index contributed by atoms with van der Waals surface area (Å²) in [4.78, 5) is 8.63. The number of amidine groups is 1. The summed E-state index contributed by atoms with van der Waals surface area (Å²) in [5.74, 6) is 0.691. The van der Waals surface area contributed by atoms with Gasteiger partial charge in [-0.2, -0.15) is 0 Å². The van der Waals surface area contributed by atoms with Gasteiger partial charge in [-0.05, 0) is 6.92 Å². The van der Waals surface area contributed by atoms with Crippen LogP contribution in [0.25, 0.3) is 0 Å². The molecule has 0 rings (SSSR count). The average molecular weight is 172 g/mol. The van der Waals surface area contributed by atoms with Crippen molar-refractivity contribution in [1.82, 2.24) is 5.48 Å². The average Bonchev–Trinajstić information content (AvgIpc) is 1.87. The molecule has 2 unspecified atom stereocenters. The van der Waals surface area contributed by atoms with Crippen LogP contribution in [0.15, 0.2) is 4.99 Å². The maximum absolute atomic E-state index is 8.73. The lowest BCUT2D eigenvalue weighted by molar-refractivity contribution is -0.114. The number of aliphatic hydroxyl groups is 1. The molecule has 62 valence electrons. The highest BCUT2D eigenvalue weighted by atomic mass is 27.0. The van der Waals surface area contributed by atoms with E-state index in [-0.39, 0.29) is 4.78 Å². The summed E-state index contributed by atoms with van der Waals surface area (Å²) in [6.45, 7) is 3.47. The van der Waals surface area contributed by atoms with Crippen LogP contribution in [0.5, 0.6) is 0 Å². The van der Waals surface area contributed by atoms with E-state index in [1.54, 1.807) is 7.05 Å². The van der Waals surface area contributed by atoms with Crippen LogP contribution in [0.1, 0.15) is 13.8 Å². The van der Waals surface area contributed by atoms with Gasteiger partial charge in [0.2, 0.25) is 0 Å². The van der Waals surface area contributed by atoms with Crippen molar-refractivity contribution in [2.75, 3.05) is 7.05 Å².